The second-order valence-corrected chi connectivity index (χ2v) is 5.38. The van der Waals surface area contributed by atoms with E-state index in [9.17, 15) is 9.59 Å². The molecule has 0 bridgehead atoms. The number of amides is 2. The zero-order valence-electron chi connectivity index (χ0n) is 12.0. The summed E-state index contributed by atoms with van der Waals surface area (Å²) in [6.07, 6.45) is 1.60. The van der Waals surface area contributed by atoms with Crippen LogP contribution in [0.2, 0.25) is 0 Å². The first kappa shape index (κ1) is 15.3. The molecule has 0 saturated carbocycles. The summed E-state index contributed by atoms with van der Waals surface area (Å²) in [6.45, 7) is 3.25. The van der Waals surface area contributed by atoms with Crippen molar-refractivity contribution in [1.82, 2.24) is 4.90 Å². The lowest BCUT2D eigenvalue weighted by Gasteiger charge is -2.18. The molecule has 1 aliphatic rings. The third kappa shape index (κ3) is 3.72. The van der Waals surface area contributed by atoms with Crippen molar-refractivity contribution in [2.45, 2.75) is 19.8 Å². The highest BCUT2D eigenvalue weighted by molar-refractivity contribution is 5.94. The highest BCUT2D eigenvalue weighted by Crippen LogP contribution is 2.22. The van der Waals surface area contributed by atoms with Crippen LogP contribution in [0.25, 0.3) is 0 Å². The van der Waals surface area contributed by atoms with Crippen molar-refractivity contribution in [1.29, 1.82) is 0 Å². The van der Waals surface area contributed by atoms with Gasteiger partial charge in [-0.25, -0.2) is 9.59 Å². The Bertz CT molecular complexity index is 544. The zero-order chi connectivity index (χ0) is 15.4. The van der Waals surface area contributed by atoms with Gasteiger partial charge in [0.15, 0.2) is 0 Å². The van der Waals surface area contributed by atoms with Crippen molar-refractivity contribution in [3.8, 4) is 0 Å². The molecule has 1 unspecified atom stereocenters. The number of likely N-dealkylation sites (tertiary alicyclic amines) is 1. The van der Waals surface area contributed by atoms with Crippen LogP contribution in [0.5, 0.6) is 0 Å². The van der Waals surface area contributed by atoms with Gasteiger partial charge in [0.25, 0.3) is 0 Å². The van der Waals surface area contributed by atoms with Gasteiger partial charge in [-0.15, -0.1) is 0 Å². The number of hydrogen-bond donors (Lipinski definition) is 3. The van der Waals surface area contributed by atoms with Crippen molar-refractivity contribution in [3.05, 3.63) is 29.3 Å². The highest BCUT2D eigenvalue weighted by Gasteiger charge is 2.26. The summed E-state index contributed by atoms with van der Waals surface area (Å²) >= 11 is 0. The van der Waals surface area contributed by atoms with Crippen LogP contribution in [-0.2, 0) is 0 Å². The minimum Gasteiger partial charge on any atom is -0.478 e. The van der Waals surface area contributed by atoms with Gasteiger partial charge in [-0.05, 0) is 43.4 Å². The molecular formula is C15H20N2O4. The highest BCUT2D eigenvalue weighted by atomic mass is 16.4. The van der Waals surface area contributed by atoms with Gasteiger partial charge in [-0.3, -0.25) is 0 Å². The number of aliphatic hydroxyl groups is 1. The molecule has 1 aromatic carbocycles. The Labute approximate surface area is 123 Å². The normalized spacial score (nSPS) is 17.8. The number of nitrogens with zero attached hydrogens (tertiary/aromatic N) is 1. The van der Waals surface area contributed by atoms with Crippen LogP contribution in [0.15, 0.2) is 18.2 Å². The van der Waals surface area contributed by atoms with Gasteiger partial charge in [-0.2, -0.15) is 0 Å². The maximum absolute atomic E-state index is 12.2. The lowest BCUT2D eigenvalue weighted by atomic mass is 10.1. The standard InChI is InChI=1S/C15H20N2O4/c1-10-2-3-12(14(19)20)8-13(10)16-15(21)17-6-4-11(9-17)5-7-18/h2-3,8,11,18H,4-7,9H2,1H3,(H,16,21)(H,19,20). The third-order valence-electron chi connectivity index (χ3n) is 3.84. The lowest BCUT2D eigenvalue weighted by molar-refractivity contribution is 0.0697. The van der Waals surface area contributed by atoms with Crippen molar-refractivity contribution >= 4 is 17.7 Å². The summed E-state index contributed by atoms with van der Waals surface area (Å²) < 4.78 is 0. The lowest BCUT2D eigenvalue weighted by Crippen LogP contribution is -2.33. The van der Waals surface area contributed by atoms with Crippen molar-refractivity contribution in [2.24, 2.45) is 5.92 Å². The SMILES string of the molecule is Cc1ccc(C(=O)O)cc1NC(=O)N1CCC(CCO)C1. The number of nitrogens with one attached hydrogen (secondary N) is 1. The molecule has 1 saturated heterocycles. The smallest absolute Gasteiger partial charge is 0.335 e. The molecule has 0 radical (unpaired) electrons. The van der Waals surface area contributed by atoms with E-state index in [0.29, 0.717) is 31.1 Å². The molecule has 6 nitrogen and oxygen atoms in total. The molecule has 1 aromatic rings. The van der Waals surface area contributed by atoms with Crippen LogP contribution < -0.4 is 5.32 Å². The first-order valence-electron chi connectivity index (χ1n) is 7.02. The second-order valence-electron chi connectivity index (χ2n) is 5.38. The van der Waals surface area contributed by atoms with Gasteiger partial charge in [0.05, 0.1) is 5.56 Å². The number of anilines is 1. The van der Waals surface area contributed by atoms with Crippen LogP contribution in [-0.4, -0.2) is 46.8 Å². The van der Waals surface area contributed by atoms with E-state index < -0.39 is 5.97 Å². The summed E-state index contributed by atoms with van der Waals surface area (Å²) in [5, 5.41) is 20.7. The number of hydrogen-bond acceptors (Lipinski definition) is 3. The molecule has 1 fully saturated rings. The Morgan fingerprint density at radius 3 is 2.86 bits per heavy atom. The van der Waals surface area contributed by atoms with Gasteiger partial charge < -0.3 is 20.4 Å². The molecule has 0 aromatic heterocycles. The molecule has 2 rings (SSSR count). The molecule has 3 N–H and O–H groups in total. The topological polar surface area (TPSA) is 89.9 Å². The van der Waals surface area contributed by atoms with E-state index in [-0.39, 0.29) is 18.2 Å². The van der Waals surface area contributed by atoms with E-state index in [0.717, 1.165) is 12.0 Å². The van der Waals surface area contributed by atoms with Crippen LogP contribution in [0.4, 0.5) is 10.5 Å². The minimum atomic E-state index is -1.02. The number of carboxylic acids is 1. The molecule has 6 heteroatoms. The number of aromatic carboxylic acids is 1. The van der Waals surface area contributed by atoms with Crippen molar-refractivity contribution < 1.29 is 19.8 Å². The largest absolute Gasteiger partial charge is 0.478 e. The Morgan fingerprint density at radius 1 is 1.43 bits per heavy atom. The fraction of sp³-hybridized carbons (Fsp3) is 0.467. The van der Waals surface area contributed by atoms with Gasteiger partial charge in [0.1, 0.15) is 0 Å². The second kappa shape index (κ2) is 6.58. The Balaban J connectivity index is 2.03. The molecular weight excluding hydrogens is 272 g/mol. The molecule has 21 heavy (non-hydrogen) atoms. The summed E-state index contributed by atoms with van der Waals surface area (Å²) in [7, 11) is 0. The van der Waals surface area contributed by atoms with E-state index in [1.807, 2.05) is 6.92 Å². The fourth-order valence-electron chi connectivity index (χ4n) is 2.52. The van der Waals surface area contributed by atoms with E-state index in [1.165, 1.54) is 12.1 Å². The summed E-state index contributed by atoms with van der Waals surface area (Å²) in [5.41, 5.74) is 1.49. The molecule has 1 atom stereocenters. The number of rotatable bonds is 4. The molecule has 0 spiro atoms. The number of urea groups is 1. The van der Waals surface area contributed by atoms with Crippen molar-refractivity contribution in [2.75, 3.05) is 25.0 Å². The molecule has 114 valence electrons. The third-order valence-corrected chi connectivity index (χ3v) is 3.84. The van der Waals surface area contributed by atoms with Gasteiger partial charge >= 0.3 is 12.0 Å². The average molecular weight is 292 g/mol. The maximum atomic E-state index is 12.2. The zero-order valence-corrected chi connectivity index (χ0v) is 12.0. The summed E-state index contributed by atoms with van der Waals surface area (Å²) in [4.78, 5) is 24.9. The van der Waals surface area contributed by atoms with E-state index >= 15 is 0 Å². The van der Waals surface area contributed by atoms with Crippen molar-refractivity contribution in [3.63, 3.8) is 0 Å². The molecule has 1 heterocycles. The monoisotopic (exact) mass is 292 g/mol. The van der Waals surface area contributed by atoms with E-state index in [2.05, 4.69) is 5.32 Å². The first-order valence-corrected chi connectivity index (χ1v) is 7.02. The quantitative estimate of drug-likeness (QED) is 0.791. The summed E-state index contributed by atoms with van der Waals surface area (Å²) in [5.74, 6) is -0.679. The summed E-state index contributed by atoms with van der Waals surface area (Å²) in [6, 6.07) is 4.44. The number of carbonyl (C=O) groups is 2. The van der Waals surface area contributed by atoms with E-state index in [1.54, 1.807) is 11.0 Å². The molecule has 0 aliphatic carbocycles. The number of carboxylic acid groups (broad SMARTS) is 1. The van der Waals surface area contributed by atoms with Crippen LogP contribution in [0.3, 0.4) is 0 Å². The average Bonchev–Trinajstić information content (AvgIpc) is 2.90. The predicted molar refractivity (Wildman–Crippen MR) is 78.5 cm³/mol. The molecule has 1 aliphatic heterocycles. The Morgan fingerprint density at radius 2 is 2.19 bits per heavy atom. The number of aliphatic hydroxyl groups excluding tert-OH is 1. The van der Waals surface area contributed by atoms with Crippen LogP contribution in [0.1, 0.15) is 28.8 Å². The van der Waals surface area contributed by atoms with Gasteiger partial charge in [0, 0.05) is 25.4 Å². The van der Waals surface area contributed by atoms with Crippen LogP contribution >= 0.6 is 0 Å². The van der Waals surface area contributed by atoms with Gasteiger partial charge in [-0.1, -0.05) is 6.07 Å². The number of carbonyl (C=O) groups excluding carboxylic acids is 1. The first-order chi connectivity index (χ1) is 10.0. The Kier molecular flexibility index (Phi) is 4.80. The predicted octanol–water partition coefficient (Wildman–Crippen LogP) is 1.93. The molecule has 2 amide bonds. The maximum Gasteiger partial charge on any atom is 0.335 e. The minimum absolute atomic E-state index is 0.139. The number of benzene rings is 1. The van der Waals surface area contributed by atoms with Gasteiger partial charge in [0.2, 0.25) is 0 Å². The fourth-order valence-corrected chi connectivity index (χ4v) is 2.52. The van der Waals surface area contributed by atoms with Crippen LogP contribution in [0, 0.1) is 12.8 Å². The number of aryl methyl sites for hydroxylation is 1. The Hall–Kier alpha value is -2.08. The van der Waals surface area contributed by atoms with E-state index in [4.69, 9.17) is 10.2 Å².